The van der Waals surface area contributed by atoms with Crippen LogP contribution in [0.4, 0.5) is 0 Å². The van der Waals surface area contributed by atoms with E-state index in [1.807, 2.05) is 14.0 Å². The number of imidazole rings is 1. The van der Waals surface area contributed by atoms with Gasteiger partial charge in [0.15, 0.2) is 0 Å². The molecule has 66 valence electrons. The molecule has 0 unspecified atom stereocenters. The Labute approximate surface area is 71.2 Å². The van der Waals surface area contributed by atoms with E-state index in [-0.39, 0.29) is 12.4 Å². The lowest BCUT2D eigenvalue weighted by Gasteiger charge is -2.00. The zero-order valence-electron chi connectivity index (χ0n) is 7.50. The minimum absolute atomic E-state index is 0.0411. The van der Waals surface area contributed by atoms with Crippen LogP contribution in [0.1, 0.15) is 16.3 Å². The number of carbonyl (C=O) groups excluding carboxylic acids is 1. The molecule has 0 spiro atoms. The first kappa shape index (κ1) is 8.93. The molecule has 0 bridgehead atoms. The smallest absolute Gasteiger partial charge is 0.206 e. The van der Waals surface area contributed by atoms with E-state index in [0.29, 0.717) is 5.69 Å². The largest absolute Gasteiger partial charge is 0.376 e. The molecule has 4 heteroatoms. The molecule has 0 N–H and O–H groups in total. The van der Waals surface area contributed by atoms with Crippen LogP contribution in [0.3, 0.4) is 0 Å². The van der Waals surface area contributed by atoms with E-state index < -0.39 is 0 Å². The van der Waals surface area contributed by atoms with Gasteiger partial charge in [-0.25, -0.2) is 4.98 Å². The van der Waals surface area contributed by atoms with E-state index in [4.69, 9.17) is 4.74 Å². The SMILES string of the molecule is COCC(=O)c1cnc(C)n1C. The first-order valence-electron chi connectivity index (χ1n) is 3.67. The summed E-state index contributed by atoms with van der Waals surface area (Å²) in [7, 11) is 3.31. The van der Waals surface area contributed by atoms with Crippen LogP contribution in [0.25, 0.3) is 0 Å². The number of rotatable bonds is 3. The minimum Gasteiger partial charge on any atom is -0.376 e. The fourth-order valence-corrected chi connectivity index (χ4v) is 0.966. The molecule has 0 saturated heterocycles. The zero-order valence-corrected chi connectivity index (χ0v) is 7.50. The Morgan fingerprint density at radius 1 is 1.75 bits per heavy atom. The highest BCUT2D eigenvalue weighted by atomic mass is 16.5. The van der Waals surface area contributed by atoms with Crippen molar-refractivity contribution in [2.45, 2.75) is 6.92 Å². The minimum atomic E-state index is -0.0411. The molecule has 0 fully saturated rings. The quantitative estimate of drug-likeness (QED) is 0.619. The lowest BCUT2D eigenvalue weighted by molar-refractivity contribution is 0.0839. The summed E-state index contributed by atoms with van der Waals surface area (Å²) in [4.78, 5) is 15.3. The van der Waals surface area contributed by atoms with E-state index in [9.17, 15) is 4.79 Å². The summed E-state index contributed by atoms with van der Waals surface area (Å²) in [6.07, 6.45) is 1.57. The number of hydrogen-bond acceptors (Lipinski definition) is 3. The molecule has 4 nitrogen and oxygen atoms in total. The van der Waals surface area contributed by atoms with Gasteiger partial charge in [0.1, 0.15) is 18.1 Å². The molecule has 12 heavy (non-hydrogen) atoms. The van der Waals surface area contributed by atoms with Crippen molar-refractivity contribution < 1.29 is 9.53 Å². The van der Waals surface area contributed by atoms with Crippen molar-refractivity contribution >= 4 is 5.78 Å². The number of ether oxygens (including phenoxy) is 1. The third-order valence-corrected chi connectivity index (χ3v) is 1.78. The van der Waals surface area contributed by atoms with Crippen molar-refractivity contribution in [3.05, 3.63) is 17.7 Å². The summed E-state index contributed by atoms with van der Waals surface area (Å²) in [5, 5.41) is 0. The van der Waals surface area contributed by atoms with E-state index in [0.717, 1.165) is 5.82 Å². The Bertz CT molecular complexity index is 291. The van der Waals surface area contributed by atoms with Crippen molar-refractivity contribution in [3.63, 3.8) is 0 Å². The summed E-state index contributed by atoms with van der Waals surface area (Å²) in [5.41, 5.74) is 0.592. The van der Waals surface area contributed by atoms with E-state index in [2.05, 4.69) is 4.98 Å². The second-order valence-corrected chi connectivity index (χ2v) is 2.61. The van der Waals surface area contributed by atoms with Gasteiger partial charge < -0.3 is 9.30 Å². The molecule has 0 amide bonds. The highest BCUT2D eigenvalue weighted by molar-refractivity contribution is 5.95. The van der Waals surface area contributed by atoms with E-state index >= 15 is 0 Å². The highest BCUT2D eigenvalue weighted by Crippen LogP contribution is 2.02. The number of carbonyl (C=O) groups is 1. The predicted octanol–water partition coefficient (Wildman–Crippen LogP) is 0.558. The monoisotopic (exact) mass is 168 g/mol. The van der Waals surface area contributed by atoms with Gasteiger partial charge >= 0.3 is 0 Å². The topological polar surface area (TPSA) is 44.1 Å². The summed E-state index contributed by atoms with van der Waals surface area (Å²) in [6.45, 7) is 1.96. The fraction of sp³-hybridized carbons (Fsp3) is 0.500. The van der Waals surface area contributed by atoms with Gasteiger partial charge in [-0.15, -0.1) is 0 Å². The number of methoxy groups -OCH3 is 1. The van der Waals surface area contributed by atoms with Crippen molar-refractivity contribution in [1.82, 2.24) is 9.55 Å². The van der Waals surface area contributed by atoms with Crippen LogP contribution >= 0.6 is 0 Å². The Hall–Kier alpha value is -1.16. The highest BCUT2D eigenvalue weighted by Gasteiger charge is 2.10. The maximum Gasteiger partial charge on any atom is 0.206 e. The summed E-state index contributed by atoms with van der Waals surface area (Å²) < 4.78 is 6.48. The number of Topliss-reactive ketones (excluding diaryl/α,β-unsaturated/α-hetero) is 1. The van der Waals surface area contributed by atoms with Crippen LogP contribution in [0, 0.1) is 6.92 Å². The molecule has 0 aliphatic heterocycles. The van der Waals surface area contributed by atoms with Crippen LogP contribution in [0.5, 0.6) is 0 Å². The molecule has 0 aliphatic rings. The molecule has 0 aliphatic carbocycles. The maximum atomic E-state index is 11.3. The molecule has 1 rings (SSSR count). The van der Waals surface area contributed by atoms with Gasteiger partial charge in [0, 0.05) is 14.2 Å². The van der Waals surface area contributed by atoms with Gasteiger partial charge in [0.25, 0.3) is 0 Å². The van der Waals surface area contributed by atoms with Crippen LogP contribution < -0.4 is 0 Å². The number of nitrogens with zero attached hydrogens (tertiary/aromatic N) is 2. The van der Waals surface area contributed by atoms with Gasteiger partial charge in [0.2, 0.25) is 5.78 Å². The Balaban J connectivity index is 2.88. The summed E-state index contributed by atoms with van der Waals surface area (Å²) in [6, 6.07) is 0. The van der Waals surface area contributed by atoms with Crippen LogP contribution in [0.2, 0.25) is 0 Å². The van der Waals surface area contributed by atoms with Gasteiger partial charge in [-0.3, -0.25) is 4.79 Å². The van der Waals surface area contributed by atoms with Gasteiger partial charge in [-0.05, 0) is 6.92 Å². The van der Waals surface area contributed by atoms with Gasteiger partial charge in [-0.1, -0.05) is 0 Å². The number of aryl methyl sites for hydroxylation is 1. The number of ketones is 1. The molecule has 0 radical (unpaired) electrons. The Morgan fingerprint density at radius 3 is 2.83 bits per heavy atom. The van der Waals surface area contributed by atoms with Crippen molar-refractivity contribution in [3.8, 4) is 0 Å². The van der Waals surface area contributed by atoms with Crippen LogP contribution in [-0.2, 0) is 11.8 Å². The summed E-state index contributed by atoms with van der Waals surface area (Å²) >= 11 is 0. The zero-order chi connectivity index (χ0) is 9.14. The number of aromatic nitrogens is 2. The van der Waals surface area contributed by atoms with Crippen LogP contribution in [0.15, 0.2) is 6.20 Å². The van der Waals surface area contributed by atoms with Gasteiger partial charge in [-0.2, -0.15) is 0 Å². The normalized spacial score (nSPS) is 10.2. The second kappa shape index (κ2) is 3.49. The second-order valence-electron chi connectivity index (χ2n) is 2.61. The molecule has 1 heterocycles. The Morgan fingerprint density at radius 2 is 2.42 bits per heavy atom. The first-order valence-corrected chi connectivity index (χ1v) is 3.67. The first-order chi connectivity index (χ1) is 5.66. The lowest BCUT2D eigenvalue weighted by Crippen LogP contribution is -2.11. The summed E-state index contributed by atoms with van der Waals surface area (Å²) in [5.74, 6) is 0.787. The van der Waals surface area contributed by atoms with Crippen molar-refractivity contribution in [2.24, 2.45) is 7.05 Å². The molecule has 1 aromatic heterocycles. The number of hydrogen-bond donors (Lipinski definition) is 0. The Kier molecular flexibility index (Phi) is 2.60. The molecular formula is C8H12N2O2. The van der Waals surface area contributed by atoms with Gasteiger partial charge in [0.05, 0.1) is 6.20 Å². The molecule has 1 aromatic rings. The molecule has 0 atom stereocenters. The van der Waals surface area contributed by atoms with Crippen molar-refractivity contribution in [2.75, 3.05) is 13.7 Å². The van der Waals surface area contributed by atoms with Crippen molar-refractivity contribution in [1.29, 1.82) is 0 Å². The molecule has 0 saturated carbocycles. The standard InChI is InChI=1S/C8H12N2O2/c1-6-9-4-7(10(6)2)8(11)5-12-3/h4H,5H2,1-3H3. The predicted molar refractivity (Wildman–Crippen MR) is 44.2 cm³/mol. The third-order valence-electron chi connectivity index (χ3n) is 1.78. The maximum absolute atomic E-state index is 11.3. The average Bonchev–Trinajstić information content (AvgIpc) is 2.34. The molecule has 0 aromatic carbocycles. The van der Waals surface area contributed by atoms with E-state index in [1.54, 1.807) is 10.8 Å². The lowest BCUT2D eigenvalue weighted by atomic mass is 10.3. The third kappa shape index (κ3) is 1.53. The molecular weight excluding hydrogens is 156 g/mol. The van der Waals surface area contributed by atoms with Crippen LogP contribution in [-0.4, -0.2) is 29.1 Å². The van der Waals surface area contributed by atoms with E-state index in [1.165, 1.54) is 7.11 Å². The fourth-order valence-electron chi connectivity index (χ4n) is 0.966. The average molecular weight is 168 g/mol.